The number of benzene rings is 1. The lowest BCUT2D eigenvalue weighted by Gasteiger charge is -2.23. The smallest absolute Gasteiger partial charge is 0.305 e. The SMILES string of the molecule is CCCOc1cccc(CC(=O)N2CC(OC)CC2CC(=O)O)c1. The van der Waals surface area contributed by atoms with Crippen LogP contribution in [0.1, 0.15) is 31.7 Å². The maximum atomic E-state index is 12.6. The van der Waals surface area contributed by atoms with Gasteiger partial charge in [0.25, 0.3) is 0 Å². The molecule has 0 bridgehead atoms. The predicted octanol–water partition coefficient (Wildman–Crippen LogP) is 2.11. The third-order valence-corrected chi connectivity index (χ3v) is 4.17. The Bertz CT molecular complexity index is 574. The molecule has 1 aromatic rings. The molecule has 0 radical (unpaired) electrons. The summed E-state index contributed by atoms with van der Waals surface area (Å²) in [7, 11) is 1.59. The molecule has 2 rings (SSSR count). The number of carbonyl (C=O) groups is 2. The van der Waals surface area contributed by atoms with E-state index in [4.69, 9.17) is 14.6 Å². The Labute approximate surface area is 142 Å². The average Bonchev–Trinajstić information content (AvgIpc) is 2.95. The van der Waals surface area contributed by atoms with E-state index < -0.39 is 5.97 Å². The minimum Gasteiger partial charge on any atom is -0.494 e. The topological polar surface area (TPSA) is 76.1 Å². The lowest BCUT2D eigenvalue weighted by Crippen LogP contribution is -2.38. The van der Waals surface area contributed by atoms with E-state index in [2.05, 4.69) is 0 Å². The van der Waals surface area contributed by atoms with E-state index in [1.54, 1.807) is 12.0 Å². The lowest BCUT2D eigenvalue weighted by molar-refractivity contribution is -0.139. The standard InChI is InChI=1S/C18H25NO5/c1-3-7-24-15-6-4-5-13(8-15)9-17(20)19-12-16(23-2)10-14(19)11-18(21)22/h4-6,8,14,16H,3,7,9-12H2,1-2H3,(H,21,22). The quantitative estimate of drug-likeness (QED) is 0.787. The van der Waals surface area contributed by atoms with Crippen LogP contribution in [0.3, 0.4) is 0 Å². The number of methoxy groups -OCH3 is 1. The van der Waals surface area contributed by atoms with E-state index in [-0.39, 0.29) is 30.9 Å². The number of carbonyl (C=O) groups excluding carboxylic acids is 1. The van der Waals surface area contributed by atoms with E-state index in [0.29, 0.717) is 19.6 Å². The van der Waals surface area contributed by atoms with Gasteiger partial charge in [-0.3, -0.25) is 9.59 Å². The normalized spacial score (nSPS) is 20.2. The number of hydrogen-bond acceptors (Lipinski definition) is 4. The fourth-order valence-corrected chi connectivity index (χ4v) is 2.99. The van der Waals surface area contributed by atoms with Crippen LogP contribution in [-0.2, 0) is 20.7 Å². The summed E-state index contributed by atoms with van der Waals surface area (Å²) in [6.07, 6.45) is 1.57. The number of rotatable bonds is 8. The minimum absolute atomic E-state index is 0.0503. The van der Waals surface area contributed by atoms with Gasteiger partial charge in [-0.05, 0) is 30.5 Å². The number of ether oxygens (including phenoxy) is 2. The molecule has 24 heavy (non-hydrogen) atoms. The molecule has 6 heteroatoms. The summed E-state index contributed by atoms with van der Waals surface area (Å²) in [4.78, 5) is 25.3. The van der Waals surface area contributed by atoms with Crippen molar-refractivity contribution in [2.24, 2.45) is 0 Å². The monoisotopic (exact) mass is 335 g/mol. The summed E-state index contributed by atoms with van der Waals surface area (Å²) in [5, 5.41) is 9.05. The van der Waals surface area contributed by atoms with E-state index in [0.717, 1.165) is 17.7 Å². The number of hydrogen-bond donors (Lipinski definition) is 1. The molecule has 0 aliphatic carbocycles. The van der Waals surface area contributed by atoms with Crippen LogP contribution in [0.4, 0.5) is 0 Å². The van der Waals surface area contributed by atoms with Crippen molar-refractivity contribution in [3.63, 3.8) is 0 Å². The molecule has 1 aromatic carbocycles. The summed E-state index contributed by atoms with van der Waals surface area (Å²) in [6, 6.07) is 7.17. The Morgan fingerprint density at radius 3 is 2.83 bits per heavy atom. The van der Waals surface area contributed by atoms with Crippen LogP contribution in [0.25, 0.3) is 0 Å². The van der Waals surface area contributed by atoms with E-state index >= 15 is 0 Å². The van der Waals surface area contributed by atoms with Gasteiger partial charge in [0.2, 0.25) is 5.91 Å². The average molecular weight is 335 g/mol. The Hall–Kier alpha value is -2.08. The van der Waals surface area contributed by atoms with Gasteiger partial charge in [-0.1, -0.05) is 19.1 Å². The first-order valence-corrected chi connectivity index (χ1v) is 8.29. The van der Waals surface area contributed by atoms with Crippen molar-refractivity contribution in [3.8, 4) is 5.75 Å². The second-order valence-corrected chi connectivity index (χ2v) is 6.06. The zero-order valence-electron chi connectivity index (χ0n) is 14.2. The van der Waals surface area contributed by atoms with E-state index in [1.165, 1.54) is 0 Å². The molecule has 0 spiro atoms. The van der Waals surface area contributed by atoms with Gasteiger partial charge in [0.1, 0.15) is 5.75 Å². The van der Waals surface area contributed by atoms with Crippen LogP contribution in [0.15, 0.2) is 24.3 Å². The van der Waals surface area contributed by atoms with Gasteiger partial charge in [0, 0.05) is 19.7 Å². The molecule has 0 saturated carbocycles. The third kappa shape index (κ3) is 4.96. The second-order valence-electron chi connectivity index (χ2n) is 6.06. The fraction of sp³-hybridized carbons (Fsp3) is 0.556. The lowest BCUT2D eigenvalue weighted by atomic mass is 10.1. The van der Waals surface area contributed by atoms with Gasteiger partial charge < -0.3 is 19.5 Å². The molecular formula is C18H25NO5. The fourth-order valence-electron chi connectivity index (χ4n) is 2.99. The van der Waals surface area contributed by atoms with Crippen molar-refractivity contribution in [1.82, 2.24) is 4.90 Å². The molecular weight excluding hydrogens is 310 g/mol. The van der Waals surface area contributed by atoms with Gasteiger partial charge in [0.15, 0.2) is 0 Å². The van der Waals surface area contributed by atoms with Crippen molar-refractivity contribution in [2.45, 2.75) is 44.8 Å². The van der Waals surface area contributed by atoms with Crippen LogP contribution in [0, 0.1) is 0 Å². The van der Waals surface area contributed by atoms with Crippen molar-refractivity contribution < 1.29 is 24.2 Å². The molecule has 1 fully saturated rings. The highest BCUT2D eigenvalue weighted by Crippen LogP contribution is 2.24. The first-order valence-electron chi connectivity index (χ1n) is 8.29. The molecule has 0 aromatic heterocycles. The largest absolute Gasteiger partial charge is 0.494 e. The zero-order chi connectivity index (χ0) is 17.5. The third-order valence-electron chi connectivity index (χ3n) is 4.17. The molecule has 1 N–H and O–H groups in total. The highest BCUT2D eigenvalue weighted by molar-refractivity contribution is 5.80. The van der Waals surface area contributed by atoms with Gasteiger partial charge in [0.05, 0.1) is 25.6 Å². The number of nitrogens with zero attached hydrogens (tertiary/aromatic N) is 1. The van der Waals surface area contributed by atoms with E-state index in [1.807, 2.05) is 31.2 Å². The molecule has 2 unspecified atom stereocenters. The molecule has 132 valence electrons. The Morgan fingerprint density at radius 2 is 2.17 bits per heavy atom. The van der Waals surface area contributed by atoms with Crippen molar-refractivity contribution >= 4 is 11.9 Å². The number of amides is 1. The Balaban J connectivity index is 2.03. The molecule has 6 nitrogen and oxygen atoms in total. The van der Waals surface area contributed by atoms with Crippen molar-refractivity contribution in [1.29, 1.82) is 0 Å². The summed E-state index contributed by atoms with van der Waals surface area (Å²) >= 11 is 0. The summed E-state index contributed by atoms with van der Waals surface area (Å²) in [6.45, 7) is 3.12. The summed E-state index contributed by atoms with van der Waals surface area (Å²) in [5.41, 5.74) is 0.864. The molecule has 1 saturated heterocycles. The minimum atomic E-state index is -0.899. The number of carboxylic acids is 1. The molecule has 1 aliphatic rings. The molecule has 1 heterocycles. The molecule has 1 aliphatic heterocycles. The van der Waals surface area contributed by atoms with Crippen LogP contribution in [0.5, 0.6) is 5.75 Å². The highest BCUT2D eigenvalue weighted by Gasteiger charge is 2.36. The summed E-state index contributed by atoms with van der Waals surface area (Å²) < 4.78 is 10.9. The van der Waals surface area contributed by atoms with Crippen molar-refractivity contribution in [2.75, 3.05) is 20.3 Å². The number of carboxylic acid groups (broad SMARTS) is 1. The van der Waals surface area contributed by atoms with Gasteiger partial charge in [-0.25, -0.2) is 0 Å². The van der Waals surface area contributed by atoms with Crippen molar-refractivity contribution in [3.05, 3.63) is 29.8 Å². The highest BCUT2D eigenvalue weighted by atomic mass is 16.5. The van der Waals surface area contributed by atoms with Crippen LogP contribution >= 0.6 is 0 Å². The molecule has 2 atom stereocenters. The maximum Gasteiger partial charge on any atom is 0.305 e. The predicted molar refractivity (Wildman–Crippen MR) is 89.1 cm³/mol. The van der Waals surface area contributed by atoms with E-state index in [9.17, 15) is 9.59 Å². The maximum absolute atomic E-state index is 12.6. The van der Waals surface area contributed by atoms with Crippen LogP contribution in [-0.4, -0.2) is 54.3 Å². The Kier molecular flexibility index (Phi) is 6.61. The second kappa shape index (κ2) is 8.68. The summed E-state index contributed by atoms with van der Waals surface area (Å²) in [5.74, 6) is -0.224. The Morgan fingerprint density at radius 1 is 1.38 bits per heavy atom. The first kappa shape index (κ1) is 18.3. The molecule has 1 amide bonds. The first-order chi connectivity index (χ1) is 11.5. The van der Waals surface area contributed by atoms with Gasteiger partial charge >= 0.3 is 5.97 Å². The van der Waals surface area contributed by atoms with Crippen LogP contribution in [0.2, 0.25) is 0 Å². The van der Waals surface area contributed by atoms with Crippen LogP contribution < -0.4 is 4.74 Å². The number of aliphatic carboxylic acids is 1. The van der Waals surface area contributed by atoms with Gasteiger partial charge in [-0.15, -0.1) is 0 Å². The zero-order valence-corrected chi connectivity index (χ0v) is 14.2. The van der Waals surface area contributed by atoms with Gasteiger partial charge in [-0.2, -0.15) is 0 Å². The number of likely N-dealkylation sites (tertiary alicyclic amines) is 1.